The maximum atomic E-state index is 11.6. The molecule has 0 aromatic heterocycles. The highest BCUT2D eigenvalue weighted by Gasteiger charge is 2.24. The molecule has 1 atom stereocenters. The first kappa shape index (κ1) is 11.2. The lowest BCUT2D eigenvalue weighted by Gasteiger charge is -2.29. The van der Waals surface area contributed by atoms with Gasteiger partial charge in [-0.15, -0.1) is 0 Å². The Morgan fingerprint density at radius 1 is 1.31 bits per heavy atom. The molecule has 0 radical (unpaired) electrons. The van der Waals surface area contributed by atoms with Gasteiger partial charge in [0.2, 0.25) is 5.91 Å². The second kappa shape index (κ2) is 4.69. The Balaban J connectivity index is 2.09. The predicted octanol–water partition coefficient (Wildman–Crippen LogP) is 2.58. The van der Waals surface area contributed by atoms with Crippen LogP contribution in [0, 0.1) is 0 Å². The molecule has 1 aromatic rings. The molecular formula is C14H19NO. The lowest BCUT2D eigenvalue weighted by Crippen LogP contribution is -2.34. The summed E-state index contributed by atoms with van der Waals surface area (Å²) >= 11 is 0. The van der Waals surface area contributed by atoms with Gasteiger partial charge in [0.25, 0.3) is 0 Å². The van der Waals surface area contributed by atoms with Crippen molar-refractivity contribution in [2.45, 2.75) is 32.1 Å². The molecule has 1 amide bonds. The van der Waals surface area contributed by atoms with E-state index >= 15 is 0 Å². The Labute approximate surface area is 97.3 Å². The Kier molecular flexibility index (Phi) is 3.28. The zero-order valence-corrected chi connectivity index (χ0v) is 10.1. The Hall–Kier alpha value is -1.31. The van der Waals surface area contributed by atoms with Crippen LogP contribution in [0.4, 0.5) is 0 Å². The number of aryl methyl sites for hydroxylation is 1. The van der Waals surface area contributed by atoms with Gasteiger partial charge in [0.1, 0.15) is 0 Å². The second-order valence-electron chi connectivity index (χ2n) is 4.60. The van der Waals surface area contributed by atoms with Crippen LogP contribution in [-0.2, 0) is 11.2 Å². The van der Waals surface area contributed by atoms with Crippen LogP contribution in [0.3, 0.4) is 0 Å². The van der Waals surface area contributed by atoms with E-state index in [1.165, 1.54) is 11.1 Å². The van der Waals surface area contributed by atoms with Gasteiger partial charge in [0.15, 0.2) is 0 Å². The van der Waals surface area contributed by atoms with Crippen molar-refractivity contribution in [3.8, 4) is 0 Å². The van der Waals surface area contributed by atoms with Gasteiger partial charge in [0.05, 0.1) is 0 Å². The minimum absolute atomic E-state index is 0.274. The maximum absolute atomic E-state index is 11.6. The van der Waals surface area contributed by atoms with Gasteiger partial charge in [-0.2, -0.15) is 0 Å². The standard InChI is InChI=1S/C14H19NO/c1-3-11-4-6-12(7-5-11)13-8-9-15(2)14(16)10-13/h4-7,13H,3,8-10H2,1-2H3. The van der Waals surface area contributed by atoms with Crippen LogP contribution in [0.2, 0.25) is 0 Å². The Morgan fingerprint density at radius 3 is 2.56 bits per heavy atom. The van der Waals surface area contributed by atoms with Gasteiger partial charge in [0, 0.05) is 20.0 Å². The van der Waals surface area contributed by atoms with Crippen molar-refractivity contribution >= 4 is 5.91 Å². The van der Waals surface area contributed by atoms with Crippen molar-refractivity contribution in [1.29, 1.82) is 0 Å². The number of carbonyl (C=O) groups is 1. The van der Waals surface area contributed by atoms with Crippen LogP contribution in [-0.4, -0.2) is 24.4 Å². The van der Waals surface area contributed by atoms with E-state index in [1.54, 1.807) is 0 Å². The molecule has 1 unspecified atom stereocenters. The van der Waals surface area contributed by atoms with Crippen LogP contribution in [0.15, 0.2) is 24.3 Å². The number of benzene rings is 1. The smallest absolute Gasteiger partial charge is 0.222 e. The summed E-state index contributed by atoms with van der Waals surface area (Å²) in [5.74, 6) is 0.699. The average Bonchev–Trinajstić information content (AvgIpc) is 2.33. The third-order valence-corrected chi connectivity index (χ3v) is 3.52. The van der Waals surface area contributed by atoms with Crippen LogP contribution in [0.5, 0.6) is 0 Å². The normalized spacial score (nSPS) is 21.2. The summed E-state index contributed by atoms with van der Waals surface area (Å²) in [6, 6.07) is 8.72. The fraction of sp³-hybridized carbons (Fsp3) is 0.500. The van der Waals surface area contributed by atoms with E-state index in [0.717, 1.165) is 19.4 Å². The molecule has 2 rings (SSSR count). The zero-order chi connectivity index (χ0) is 11.5. The molecule has 86 valence electrons. The van der Waals surface area contributed by atoms with Crippen LogP contribution in [0.1, 0.15) is 36.8 Å². The molecule has 2 nitrogen and oxygen atoms in total. The van der Waals surface area contributed by atoms with Crippen molar-refractivity contribution in [1.82, 2.24) is 4.90 Å². The monoisotopic (exact) mass is 217 g/mol. The van der Waals surface area contributed by atoms with Gasteiger partial charge in [-0.05, 0) is 29.9 Å². The van der Waals surface area contributed by atoms with Crippen molar-refractivity contribution in [3.05, 3.63) is 35.4 Å². The van der Waals surface area contributed by atoms with Crippen molar-refractivity contribution in [3.63, 3.8) is 0 Å². The third-order valence-electron chi connectivity index (χ3n) is 3.52. The lowest BCUT2D eigenvalue weighted by atomic mass is 9.88. The molecule has 0 aliphatic carbocycles. The Bertz CT molecular complexity index is 369. The molecule has 0 bridgehead atoms. The number of rotatable bonds is 2. The first-order chi connectivity index (χ1) is 7.70. The molecule has 1 aliphatic heterocycles. The summed E-state index contributed by atoms with van der Waals surface area (Å²) in [6.45, 7) is 3.05. The van der Waals surface area contributed by atoms with Gasteiger partial charge in [-0.1, -0.05) is 31.2 Å². The minimum Gasteiger partial charge on any atom is -0.346 e. The quantitative estimate of drug-likeness (QED) is 0.745. The second-order valence-corrected chi connectivity index (χ2v) is 4.60. The topological polar surface area (TPSA) is 20.3 Å². The number of likely N-dealkylation sites (tertiary alicyclic amines) is 1. The summed E-state index contributed by atoms with van der Waals surface area (Å²) in [6.07, 6.45) is 2.84. The number of piperidine rings is 1. The maximum Gasteiger partial charge on any atom is 0.222 e. The largest absolute Gasteiger partial charge is 0.346 e. The molecular weight excluding hydrogens is 198 g/mol. The molecule has 0 saturated carbocycles. The molecule has 1 saturated heterocycles. The highest BCUT2D eigenvalue weighted by molar-refractivity contribution is 5.77. The van der Waals surface area contributed by atoms with Crippen molar-refractivity contribution in [2.24, 2.45) is 0 Å². The first-order valence-corrected chi connectivity index (χ1v) is 6.03. The van der Waals surface area contributed by atoms with Gasteiger partial charge in [-0.3, -0.25) is 4.79 Å². The summed E-state index contributed by atoms with van der Waals surface area (Å²) in [5, 5.41) is 0. The summed E-state index contributed by atoms with van der Waals surface area (Å²) in [5.41, 5.74) is 2.68. The van der Waals surface area contributed by atoms with Crippen LogP contribution < -0.4 is 0 Å². The SMILES string of the molecule is CCc1ccc(C2CCN(C)C(=O)C2)cc1. The van der Waals surface area contributed by atoms with Gasteiger partial charge < -0.3 is 4.90 Å². The van der Waals surface area contributed by atoms with E-state index in [0.29, 0.717) is 12.3 Å². The minimum atomic E-state index is 0.274. The van der Waals surface area contributed by atoms with E-state index in [2.05, 4.69) is 31.2 Å². The zero-order valence-electron chi connectivity index (χ0n) is 10.1. The molecule has 0 N–H and O–H groups in total. The first-order valence-electron chi connectivity index (χ1n) is 6.03. The number of hydrogen-bond donors (Lipinski definition) is 0. The van der Waals surface area contributed by atoms with E-state index < -0.39 is 0 Å². The van der Waals surface area contributed by atoms with Crippen molar-refractivity contribution in [2.75, 3.05) is 13.6 Å². The number of amides is 1. The fourth-order valence-electron chi connectivity index (χ4n) is 2.25. The number of nitrogens with zero attached hydrogens (tertiary/aromatic N) is 1. The van der Waals surface area contributed by atoms with E-state index in [4.69, 9.17) is 0 Å². The third kappa shape index (κ3) is 2.26. The highest BCUT2D eigenvalue weighted by atomic mass is 16.2. The van der Waals surface area contributed by atoms with E-state index in [9.17, 15) is 4.79 Å². The van der Waals surface area contributed by atoms with Crippen molar-refractivity contribution < 1.29 is 4.79 Å². The summed E-state index contributed by atoms with van der Waals surface area (Å²) in [4.78, 5) is 13.5. The van der Waals surface area contributed by atoms with E-state index in [1.807, 2.05) is 11.9 Å². The Morgan fingerprint density at radius 2 is 2.00 bits per heavy atom. The number of carbonyl (C=O) groups excluding carboxylic acids is 1. The molecule has 2 heteroatoms. The van der Waals surface area contributed by atoms with E-state index in [-0.39, 0.29) is 5.91 Å². The lowest BCUT2D eigenvalue weighted by molar-refractivity contribution is -0.132. The predicted molar refractivity (Wildman–Crippen MR) is 65.4 cm³/mol. The van der Waals surface area contributed by atoms with Gasteiger partial charge >= 0.3 is 0 Å². The molecule has 0 spiro atoms. The van der Waals surface area contributed by atoms with Crippen LogP contribution in [0.25, 0.3) is 0 Å². The highest BCUT2D eigenvalue weighted by Crippen LogP contribution is 2.28. The molecule has 1 fully saturated rings. The number of hydrogen-bond acceptors (Lipinski definition) is 1. The average molecular weight is 217 g/mol. The summed E-state index contributed by atoms with van der Waals surface area (Å²) < 4.78 is 0. The van der Waals surface area contributed by atoms with Gasteiger partial charge in [-0.25, -0.2) is 0 Å². The van der Waals surface area contributed by atoms with Crippen LogP contribution >= 0.6 is 0 Å². The molecule has 16 heavy (non-hydrogen) atoms. The molecule has 1 aromatic carbocycles. The fourth-order valence-corrected chi connectivity index (χ4v) is 2.25. The summed E-state index contributed by atoms with van der Waals surface area (Å²) in [7, 11) is 1.89. The molecule has 1 heterocycles. The molecule has 1 aliphatic rings.